The molecule has 0 bridgehead atoms. The number of fused-ring (bicyclic) bond motifs is 1. The number of furan rings is 1. The average molecular weight is 402 g/mol. The zero-order chi connectivity index (χ0) is 20.8. The van der Waals surface area contributed by atoms with Gasteiger partial charge in [-0.15, -0.1) is 0 Å². The van der Waals surface area contributed by atoms with Gasteiger partial charge < -0.3 is 24.8 Å². The Morgan fingerprint density at radius 1 is 0.933 bits per heavy atom. The fraction of sp³-hybridized carbons (Fsp3) is 0.0455. The van der Waals surface area contributed by atoms with Crippen molar-refractivity contribution in [3.05, 3.63) is 84.7 Å². The molecule has 0 unspecified atom stereocenters. The summed E-state index contributed by atoms with van der Waals surface area (Å²) < 4.78 is 10.7. The molecule has 0 aliphatic heterocycles. The van der Waals surface area contributed by atoms with E-state index < -0.39 is 0 Å². The second-order valence-electron chi connectivity index (χ2n) is 6.31. The van der Waals surface area contributed by atoms with Gasteiger partial charge in [0.1, 0.15) is 11.3 Å². The van der Waals surface area contributed by atoms with Gasteiger partial charge in [-0.3, -0.25) is 4.79 Å². The number of hydrogen-bond donors (Lipinski definition) is 3. The first-order valence-corrected chi connectivity index (χ1v) is 9.18. The number of carbonyl (C=O) groups is 2. The SMILES string of the molecule is O=C(/C=C/c1nc2ccccc2o1)Nc1ccc(NC(=O)NCc2ccco2)cc1. The van der Waals surface area contributed by atoms with Crippen LogP contribution in [0, 0.1) is 0 Å². The minimum atomic E-state index is -0.357. The van der Waals surface area contributed by atoms with Crippen LogP contribution in [0.15, 0.2) is 81.8 Å². The highest BCUT2D eigenvalue weighted by atomic mass is 16.3. The maximum absolute atomic E-state index is 12.1. The standard InChI is InChI=1S/C22H18N4O4/c27-20(11-12-21-26-18-5-1-2-6-19(18)30-21)24-15-7-9-16(10-8-15)25-22(28)23-14-17-4-3-13-29-17/h1-13H,14H2,(H,24,27)(H2,23,25,28)/b12-11+. The second kappa shape index (κ2) is 8.78. The van der Waals surface area contributed by atoms with Gasteiger partial charge in [-0.1, -0.05) is 12.1 Å². The Labute approximate surface area is 171 Å². The molecule has 4 rings (SSSR count). The third-order valence-electron chi connectivity index (χ3n) is 4.10. The van der Waals surface area contributed by atoms with Crippen molar-refractivity contribution in [2.45, 2.75) is 6.54 Å². The van der Waals surface area contributed by atoms with E-state index >= 15 is 0 Å². The first-order valence-electron chi connectivity index (χ1n) is 9.18. The van der Waals surface area contributed by atoms with Crippen LogP contribution in [0.25, 0.3) is 17.2 Å². The molecule has 4 aromatic rings. The van der Waals surface area contributed by atoms with Crippen molar-refractivity contribution in [2.24, 2.45) is 0 Å². The van der Waals surface area contributed by atoms with E-state index in [2.05, 4.69) is 20.9 Å². The molecule has 8 heteroatoms. The highest BCUT2D eigenvalue weighted by Gasteiger charge is 2.05. The predicted octanol–water partition coefficient (Wildman–Crippen LogP) is 4.39. The lowest BCUT2D eigenvalue weighted by Crippen LogP contribution is -2.27. The summed E-state index contributed by atoms with van der Waals surface area (Å²) in [5.41, 5.74) is 2.57. The van der Waals surface area contributed by atoms with Gasteiger partial charge in [-0.05, 0) is 48.5 Å². The third-order valence-corrected chi connectivity index (χ3v) is 4.10. The summed E-state index contributed by atoms with van der Waals surface area (Å²) >= 11 is 0. The minimum Gasteiger partial charge on any atom is -0.467 e. The number of nitrogens with zero attached hydrogens (tertiary/aromatic N) is 1. The number of hydrogen-bond acceptors (Lipinski definition) is 5. The van der Waals surface area contributed by atoms with Crippen LogP contribution < -0.4 is 16.0 Å². The molecule has 2 aromatic carbocycles. The smallest absolute Gasteiger partial charge is 0.319 e. The number of aromatic nitrogens is 1. The maximum Gasteiger partial charge on any atom is 0.319 e. The molecule has 0 fully saturated rings. The van der Waals surface area contributed by atoms with Crippen LogP contribution in [0.3, 0.4) is 0 Å². The third kappa shape index (κ3) is 4.93. The lowest BCUT2D eigenvalue weighted by atomic mass is 10.2. The molecule has 0 saturated heterocycles. The minimum absolute atomic E-state index is 0.291. The van der Waals surface area contributed by atoms with E-state index in [1.165, 1.54) is 12.2 Å². The van der Waals surface area contributed by atoms with E-state index in [-0.39, 0.29) is 11.9 Å². The molecule has 2 heterocycles. The van der Waals surface area contributed by atoms with Crippen LogP contribution >= 0.6 is 0 Å². The summed E-state index contributed by atoms with van der Waals surface area (Å²) in [5, 5.41) is 8.12. The number of anilines is 2. The average Bonchev–Trinajstić information content (AvgIpc) is 3.41. The number of oxazole rings is 1. The number of nitrogens with one attached hydrogen (secondary N) is 3. The number of para-hydroxylation sites is 2. The monoisotopic (exact) mass is 402 g/mol. The molecule has 0 atom stereocenters. The van der Waals surface area contributed by atoms with Crippen molar-refractivity contribution >= 4 is 40.5 Å². The van der Waals surface area contributed by atoms with E-state index in [0.29, 0.717) is 35.2 Å². The van der Waals surface area contributed by atoms with Crippen LogP contribution in [-0.2, 0) is 11.3 Å². The van der Waals surface area contributed by atoms with Crippen LogP contribution in [0.4, 0.5) is 16.2 Å². The molecular formula is C22H18N4O4. The Morgan fingerprint density at radius 3 is 2.43 bits per heavy atom. The second-order valence-corrected chi connectivity index (χ2v) is 6.31. The number of urea groups is 1. The van der Waals surface area contributed by atoms with E-state index in [1.54, 1.807) is 42.7 Å². The Bertz CT molecular complexity index is 1140. The van der Waals surface area contributed by atoms with E-state index in [1.807, 2.05) is 24.3 Å². The molecular weight excluding hydrogens is 384 g/mol. The molecule has 30 heavy (non-hydrogen) atoms. The largest absolute Gasteiger partial charge is 0.467 e. The maximum atomic E-state index is 12.1. The molecule has 150 valence electrons. The predicted molar refractivity (Wildman–Crippen MR) is 113 cm³/mol. The molecule has 0 aliphatic carbocycles. The Morgan fingerprint density at radius 2 is 1.70 bits per heavy atom. The fourth-order valence-corrected chi connectivity index (χ4v) is 2.68. The van der Waals surface area contributed by atoms with Crippen molar-refractivity contribution in [1.29, 1.82) is 0 Å². The Balaban J connectivity index is 1.28. The quantitative estimate of drug-likeness (QED) is 0.414. The van der Waals surface area contributed by atoms with Gasteiger partial charge in [0, 0.05) is 23.5 Å². The zero-order valence-corrected chi connectivity index (χ0v) is 15.8. The summed E-state index contributed by atoms with van der Waals surface area (Å²) in [6.07, 6.45) is 4.40. The lowest BCUT2D eigenvalue weighted by molar-refractivity contribution is -0.111. The zero-order valence-electron chi connectivity index (χ0n) is 15.8. The van der Waals surface area contributed by atoms with E-state index in [4.69, 9.17) is 8.83 Å². The van der Waals surface area contributed by atoms with Gasteiger partial charge >= 0.3 is 6.03 Å². The lowest BCUT2D eigenvalue weighted by Gasteiger charge is -2.08. The van der Waals surface area contributed by atoms with Crippen LogP contribution in [0.1, 0.15) is 11.7 Å². The van der Waals surface area contributed by atoms with Crippen molar-refractivity contribution in [2.75, 3.05) is 10.6 Å². The van der Waals surface area contributed by atoms with Crippen LogP contribution in [0.5, 0.6) is 0 Å². The van der Waals surface area contributed by atoms with E-state index in [0.717, 1.165) is 5.52 Å². The van der Waals surface area contributed by atoms with E-state index in [9.17, 15) is 9.59 Å². The van der Waals surface area contributed by atoms with Gasteiger partial charge in [0.15, 0.2) is 5.58 Å². The molecule has 2 aromatic heterocycles. The number of rotatable bonds is 6. The fourth-order valence-electron chi connectivity index (χ4n) is 2.68. The summed E-state index contributed by atoms with van der Waals surface area (Å²) in [5.74, 6) is 0.690. The van der Waals surface area contributed by atoms with Gasteiger partial charge in [-0.25, -0.2) is 9.78 Å². The summed E-state index contributed by atoms with van der Waals surface area (Å²) in [4.78, 5) is 28.3. The molecule has 0 spiro atoms. The Kier molecular flexibility index (Phi) is 5.56. The van der Waals surface area contributed by atoms with Crippen molar-refractivity contribution in [1.82, 2.24) is 10.3 Å². The van der Waals surface area contributed by atoms with Crippen LogP contribution in [-0.4, -0.2) is 16.9 Å². The van der Waals surface area contributed by atoms with Crippen molar-refractivity contribution in [3.8, 4) is 0 Å². The van der Waals surface area contributed by atoms with Crippen LogP contribution in [0.2, 0.25) is 0 Å². The van der Waals surface area contributed by atoms with Gasteiger partial charge in [-0.2, -0.15) is 0 Å². The normalized spacial score (nSPS) is 10.9. The molecule has 8 nitrogen and oxygen atoms in total. The molecule has 0 radical (unpaired) electrons. The topological polar surface area (TPSA) is 109 Å². The van der Waals surface area contributed by atoms with Gasteiger partial charge in [0.05, 0.1) is 12.8 Å². The first kappa shape index (κ1) is 19.0. The van der Waals surface area contributed by atoms with Gasteiger partial charge in [0.25, 0.3) is 0 Å². The Hall–Kier alpha value is -4.33. The highest BCUT2D eigenvalue weighted by Crippen LogP contribution is 2.16. The highest BCUT2D eigenvalue weighted by molar-refractivity contribution is 6.02. The molecule has 3 amide bonds. The number of carbonyl (C=O) groups excluding carboxylic acids is 2. The summed E-state index contributed by atoms with van der Waals surface area (Å²) in [6, 6.07) is 17.3. The summed E-state index contributed by atoms with van der Waals surface area (Å²) in [6.45, 7) is 0.291. The van der Waals surface area contributed by atoms with Crippen molar-refractivity contribution in [3.63, 3.8) is 0 Å². The van der Waals surface area contributed by atoms with Gasteiger partial charge in [0.2, 0.25) is 11.8 Å². The molecule has 0 saturated carbocycles. The van der Waals surface area contributed by atoms with Crippen molar-refractivity contribution < 1.29 is 18.4 Å². The molecule has 3 N–H and O–H groups in total. The first-order chi connectivity index (χ1) is 14.7. The molecule has 0 aliphatic rings. The number of benzene rings is 2. The summed E-state index contributed by atoms with van der Waals surface area (Å²) in [7, 11) is 0. The number of amides is 3.